The van der Waals surface area contributed by atoms with Crippen LogP contribution in [0.4, 0.5) is 0 Å². The lowest BCUT2D eigenvalue weighted by atomic mass is 9.84. The Balaban J connectivity index is 4.93. The first-order valence-electron chi connectivity index (χ1n) is 11.3. The van der Waals surface area contributed by atoms with Crippen molar-refractivity contribution in [3.8, 4) is 0 Å². The summed E-state index contributed by atoms with van der Waals surface area (Å²) < 4.78 is 0. The third-order valence-corrected chi connectivity index (χ3v) is 4.48. The van der Waals surface area contributed by atoms with Crippen molar-refractivity contribution in [1.82, 2.24) is 0 Å². The molecule has 2 unspecified atom stereocenters. The second kappa shape index (κ2) is 10.6. The van der Waals surface area contributed by atoms with Gasteiger partial charge in [-0.1, -0.05) is 55.4 Å². The Morgan fingerprint density at radius 1 is 0.400 bits per heavy atom. The summed E-state index contributed by atoms with van der Waals surface area (Å²) in [4.78, 5) is 34.2. The molecule has 0 aliphatic rings. The van der Waals surface area contributed by atoms with E-state index >= 15 is 0 Å². The van der Waals surface area contributed by atoms with Gasteiger partial charge in [0.25, 0.3) is 0 Å². The second-order valence-electron chi connectivity index (χ2n) is 12.5. The van der Waals surface area contributed by atoms with Crippen LogP contribution in [-0.2, 0) is 29.3 Å². The lowest BCUT2D eigenvalue weighted by molar-refractivity contribution is -0.589. The number of hydrogen-bond donors (Lipinski definition) is 0. The molecule has 6 heteroatoms. The van der Waals surface area contributed by atoms with E-state index in [9.17, 15) is 0 Å². The Morgan fingerprint density at radius 3 is 0.833 bits per heavy atom. The minimum Gasteiger partial charge on any atom is -0.228 e. The van der Waals surface area contributed by atoms with Gasteiger partial charge in [-0.25, -0.2) is 9.78 Å². The standard InChI is InChI=1S/C24H50O6/c1-15-23(13,27-25-21(9,10)17-19(3,4)5)29-30-24(14,16-2)28-26-22(11,12)18-20(6,7)8/h15-18H2,1-14H3. The fraction of sp³-hybridized carbons (Fsp3) is 1.00. The molecule has 0 spiro atoms. The van der Waals surface area contributed by atoms with Gasteiger partial charge in [-0.15, -0.1) is 0 Å². The predicted octanol–water partition coefficient (Wildman–Crippen LogP) is 7.51. The Morgan fingerprint density at radius 2 is 0.633 bits per heavy atom. The summed E-state index contributed by atoms with van der Waals surface area (Å²) in [7, 11) is 0. The van der Waals surface area contributed by atoms with Gasteiger partial charge in [0.1, 0.15) is 0 Å². The van der Waals surface area contributed by atoms with Crippen molar-refractivity contribution in [3.05, 3.63) is 0 Å². The number of rotatable bonds is 13. The molecule has 0 aliphatic heterocycles. The topological polar surface area (TPSA) is 55.4 Å². The van der Waals surface area contributed by atoms with Crippen LogP contribution in [0.5, 0.6) is 0 Å². The summed E-state index contributed by atoms with van der Waals surface area (Å²) in [6.07, 6.45) is 2.70. The second-order valence-corrected chi connectivity index (χ2v) is 12.5. The minimum absolute atomic E-state index is 0.110. The molecule has 0 aromatic rings. The molecule has 0 amide bonds. The molecule has 182 valence electrons. The Labute approximate surface area is 186 Å². The highest BCUT2D eigenvalue weighted by Gasteiger charge is 2.38. The first-order chi connectivity index (χ1) is 13.2. The van der Waals surface area contributed by atoms with E-state index in [1.807, 2.05) is 41.5 Å². The largest absolute Gasteiger partial charge is 0.231 e. The van der Waals surface area contributed by atoms with Gasteiger partial charge >= 0.3 is 0 Å². The van der Waals surface area contributed by atoms with Crippen LogP contribution < -0.4 is 0 Å². The van der Waals surface area contributed by atoms with Crippen LogP contribution >= 0.6 is 0 Å². The van der Waals surface area contributed by atoms with Crippen molar-refractivity contribution in [1.29, 1.82) is 0 Å². The zero-order chi connectivity index (χ0) is 24.1. The molecule has 0 aromatic heterocycles. The molecule has 0 saturated carbocycles. The summed E-state index contributed by atoms with van der Waals surface area (Å²) in [5, 5.41) is 0. The molecule has 6 nitrogen and oxygen atoms in total. The van der Waals surface area contributed by atoms with E-state index < -0.39 is 22.8 Å². The fourth-order valence-electron chi connectivity index (χ4n) is 3.45. The molecule has 0 saturated heterocycles. The molecule has 30 heavy (non-hydrogen) atoms. The monoisotopic (exact) mass is 434 g/mol. The highest BCUT2D eigenvalue weighted by molar-refractivity contribution is 4.77. The summed E-state index contributed by atoms with van der Waals surface area (Å²) in [5.41, 5.74) is -0.720. The Hall–Kier alpha value is -0.240. The van der Waals surface area contributed by atoms with Gasteiger partial charge < -0.3 is 0 Å². The van der Waals surface area contributed by atoms with Crippen LogP contribution in [0.15, 0.2) is 0 Å². The van der Waals surface area contributed by atoms with Gasteiger partial charge in [0.2, 0.25) is 11.6 Å². The van der Waals surface area contributed by atoms with Crippen molar-refractivity contribution in [3.63, 3.8) is 0 Å². The number of hydrogen-bond acceptors (Lipinski definition) is 6. The van der Waals surface area contributed by atoms with E-state index in [4.69, 9.17) is 29.3 Å². The average molecular weight is 435 g/mol. The normalized spacial score (nSPS) is 18.2. The average Bonchev–Trinajstić information content (AvgIpc) is 2.52. The third kappa shape index (κ3) is 13.2. The van der Waals surface area contributed by atoms with Crippen LogP contribution in [0, 0.1) is 10.8 Å². The molecule has 0 radical (unpaired) electrons. The van der Waals surface area contributed by atoms with Crippen LogP contribution in [0.25, 0.3) is 0 Å². The Kier molecular flexibility index (Phi) is 10.5. The molecular formula is C24H50O6. The van der Waals surface area contributed by atoms with Crippen molar-refractivity contribution >= 4 is 0 Å². The summed E-state index contributed by atoms with van der Waals surface area (Å²) in [5.74, 6) is -2.17. The van der Waals surface area contributed by atoms with Crippen LogP contribution in [-0.4, -0.2) is 22.8 Å². The molecule has 0 bridgehead atoms. The molecule has 2 atom stereocenters. The molecule has 0 aromatic carbocycles. The lowest BCUT2D eigenvalue weighted by Crippen LogP contribution is -2.43. The highest BCUT2D eigenvalue weighted by Crippen LogP contribution is 2.34. The summed E-state index contributed by atoms with van der Waals surface area (Å²) >= 11 is 0. The van der Waals surface area contributed by atoms with Gasteiger partial charge in [-0.05, 0) is 65.2 Å². The van der Waals surface area contributed by atoms with E-state index in [2.05, 4.69) is 41.5 Å². The van der Waals surface area contributed by atoms with Crippen molar-refractivity contribution in [2.45, 2.75) is 145 Å². The first kappa shape index (κ1) is 29.8. The smallest absolute Gasteiger partial charge is 0.228 e. The van der Waals surface area contributed by atoms with Crippen LogP contribution in [0.3, 0.4) is 0 Å². The van der Waals surface area contributed by atoms with Gasteiger partial charge in [-0.3, -0.25) is 0 Å². The molecule has 0 fully saturated rings. The quantitative estimate of drug-likeness (QED) is 0.170. The molecule has 0 heterocycles. The molecular weight excluding hydrogens is 384 g/mol. The van der Waals surface area contributed by atoms with Crippen LogP contribution in [0.1, 0.15) is 123 Å². The SMILES string of the molecule is CCC(C)(OOC(C)(C)CC(C)(C)C)OOC(C)(CC)OOC(C)(C)CC(C)(C)C. The summed E-state index contributed by atoms with van der Waals surface area (Å²) in [6, 6.07) is 0. The fourth-order valence-corrected chi connectivity index (χ4v) is 3.45. The minimum atomic E-state index is -1.09. The van der Waals surface area contributed by atoms with Crippen molar-refractivity contribution in [2.24, 2.45) is 10.8 Å². The highest BCUT2D eigenvalue weighted by atomic mass is 17.4. The van der Waals surface area contributed by atoms with E-state index in [1.165, 1.54) is 0 Å². The zero-order valence-electron chi connectivity index (χ0n) is 22.3. The van der Waals surface area contributed by atoms with E-state index in [0.717, 1.165) is 12.8 Å². The van der Waals surface area contributed by atoms with E-state index in [-0.39, 0.29) is 10.8 Å². The maximum absolute atomic E-state index is 5.75. The predicted molar refractivity (Wildman–Crippen MR) is 120 cm³/mol. The van der Waals surface area contributed by atoms with E-state index in [0.29, 0.717) is 12.8 Å². The van der Waals surface area contributed by atoms with Gasteiger partial charge in [-0.2, -0.15) is 19.6 Å². The van der Waals surface area contributed by atoms with Gasteiger partial charge in [0, 0.05) is 12.8 Å². The van der Waals surface area contributed by atoms with E-state index in [1.54, 1.807) is 13.8 Å². The maximum Gasteiger partial charge on any atom is 0.231 e. The third-order valence-electron chi connectivity index (χ3n) is 4.48. The molecule has 0 N–H and O–H groups in total. The zero-order valence-corrected chi connectivity index (χ0v) is 22.3. The van der Waals surface area contributed by atoms with Gasteiger partial charge in [0.15, 0.2) is 0 Å². The first-order valence-corrected chi connectivity index (χ1v) is 11.3. The van der Waals surface area contributed by atoms with Gasteiger partial charge in [0.05, 0.1) is 11.2 Å². The lowest BCUT2D eigenvalue weighted by Gasteiger charge is -2.37. The molecule has 0 rings (SSSR count). The van der Waals surface area contributed by atoms with Crippen LogP contribution in [0.2, 0.25) is 0 Å². The maximum atomic E-state index is 5.75. The van der Waals surface area contributed by atoms with Crippen molar-refractivity contribution in [2.75, 3.05) is 0 Å². The van der Waals surface area contributed by atoms with Crippen molar-refractivity contribution < 1.29 is 29.3 Å². The Bertz CT molecular complexity index is 457. The molecule has 0 aliphatic carbocycles. The summed E-state index contributed by atoms with van der Waals surface area (Å²) in [6.45, 7) is 28.4.